The molecule has 4 nitrogen and oxygen atoms in total. The summed E-state index contributed by atoms with van der Waals surface area (Å²) in [6.45, 7) is 0. The van der Waals surface area contributed by atoms with Gasteiger partial charge in [0.1, 0.15) is 0 Å². The number of amidine groups is 2. The number of nitrogens with zero attached hydrogens (tertiary/aromatic N) is 3. The predicted molar refractivity (Wildman–Crippen MR) is 213 cm³/mol. The molecule has 0 amide bonds. The summed E-state index contributed by atoms with van der Waals surface area (Å²) in [4.78, 5) is 9.41. The van der Waals surface area contributed by atoms with E-state index in [0.717, 1.165) is 33.4 Å². The number of hydrogen-bond acceptors (Lipinski definition) is 2. The summed E-state index contributed by atoms with van der Waals surface area (Å²) in [5.74, 6) is 0.647. The lowest BCUT2D eigenvalue weighted by molar-refractivity contribution is 1.18. The molecule has 0 aliphatic carbocycles. The van der Waals surface area contributed by atoms with Crippen LogP contribution in [0.15, 0.2) is 180 Å². The number of aliphatic imine (C=N–C) groups is 2. The molecule has 9 rings (SSSR count). The quantitative estimate of drug-likeness (QED) is 0.141. The van der Waals surface area contributed by atoms with E-state index in [2.05, 4.69) is 102 Å². The highest BCUT2D eigenvalue weighted by molar-refractivity contribution is 7.26. The zero-order valence-electron chi connectivity index (χ0n) is 27.0. The number of thiophene rings is 1. The molecule has 0 spiro atoms. The molecular weight excluding hydrogens is 629 g/mol. The van der Waals surface area contributed by atoms with Gasteiger partial charge in [-0.2, -0.15) is 0 Å². The number of rotatable bonds is 5. The Balaban J connectivity index is 1.12. The fourth-order valence-corrected chi connectivity index (χ4v) is 8.00. The lowest BCUT2D eigenvalue weighted by Gasteiger charge is -2.10. The second-order valence-electron chi connectivity index (χ2n) is 12.2. The molecule has 1 N–H and O–H groups in total. The van der Waals surface area contributed by atoms with Gasteiger partial charge in [-0.3, -0.25) is 5.41 Å². The average molecular weight is 659 g/mol. The van der Waals surface area contributed by atoms with Crippen molar-refractivity contribution >= 4 is 71.2 Å². The maximum absolute atomic E-state index is 8.96. The van der Waals surface area contributed by atoms with Gasteiger partial charge in [-0.25, -0.2) is 9.98 Å². The van der Waals surface area contributed by atoms with Crippen LogP contribution in [0.5, 0.6) is 0 Å². The van der Waals surface area contributed by atoms with Gasteiger partial charge < -0.3 is 4.57 Å². The van der Waals surface area contributed by atoms with Crippen LogP contribution in [0, 0.1) is 5.41 Å². The summed E-state index contributed by atoms with van der Waals surface area (Å²) in [5, 5.41) is 14.0. The Labute approximate surface area is 293 Å². The van der Waals surface area contributed by atoms with Gasteiger partial charge in [0.05, 0.1) is 11.0 Å². The largest absolute Gasteiger partial charge is 0.309 e. The minimum atomic E-state index is 0.154. The number of fused-ring (bicyclic) bond motifs is 6. The van der Waals surface area contributed by atoms with Crippen molar-refractivity contribution in [2.24, 2.45) is 9.98 Å². The molecule has 0 saturated carbocycles. The average Bonchev–Trinajstić information content (AvgIpc) is 3.73. The first-order chi connectivity index (χ1) is 24.7. The second kappa shape index (κ2) is 12.5. The van der Waals surface area contributed by atoms with Gasteiger partial charge in [0.2, 0.25) is 0 Å². The van der Waals surface area contributed by atoms with Gasteiger partial charge in [0.15, 0.2) is 11.7 Å². The first-order valence-corrected chi connectivity index (χ1v) is 17.4. The second-order valence-corrected chi connectivity index (χ2v) is 13.3. The number of benzene rings is 7. The topological polar surface area (TPSA) is 53.5 Å². The lowest BCUT2D eigenvalue weighted by atomic mass is 10.0. The third-order valence-corrected chi connectivity index (χ3v) is 10.4. The maximum atomic E-state index is 8.96. The fraction of sp³-hybridized carbons (Fsp3) is 0. The van der Waals surface area contributed by atoms with E-state index in [1.165, 1.54) is 42.1 Å². The Hall–Kier alpha value is -6.43. The van der Waals surface area contributed by atoms with Gasteiger partial charge in [-0.15, -0.1) is 11.3 Å². The van der Waals surface area contributed by atoms with Crippen molar-refractivity contribution in [1.82, 2.24) is 4.57 Å². The molecule has 0 bridgehead atoms. The molecule has 2 aromatic heterocycles. The molecule has 0 unspecified atom stereocenters. The van der Waals surface area contributed by atoms with Crippen LogP contribution >= 0.6 is 11.3 Å². The van der Waals surface area contributed by atoms with Crippen LogP contribution in [0.25, 0.3) is 58.8 Å². The van der Waals surface area contributed by atoms with Crippen LogP contribution < -0.4 is 0 Å². The Morgan fingerprint density at radius 1 is 0.560 bits per heavy atom. The molecule has 50 heavy (non-hydrogen) atoms. The van der Waals surface area contributed by atoms with Crippen LogP contribution in [0.2, 0.25) is 0 Å². The van der Waals surface area contributed by atoms with Gasteiger partial charge in [-0.1, -0.05) is 127 Å². The SMILES string of the molecule is N=C(N=C(N=Cc1ccccc1)c1ccccc1)c1ccc(-n2c3ccccc3c3ccc(-c4cccc5c4sc4ccccc45)cc32)cc1. The monoisotopic (exact) mass is 658 g/mol. The number of aromatic nitrogens is 1. The number of nitrogens with one attached hydrogen (secondary N) is 1. The van der Waals surface area contributed by atoms with Gasteiger partial charge in [0.25, 0.3) is 0 Å². The molecule has 0 aliphatic heterocycles. The Kier molecular flexibility index (Phi) is 7.45. The smallest absolute Gasteiger partial charge is 0.161 e. The van der Waals surface area contributed by atoms with Gasteiger partial charge >= 0.3 is 0 Å². The Bertz CT molecular complexity index is 2750. The molecule has 0 fully saturated rings. The van der Waals surface area contributed by atoms with E-state index >= 15 is 0 Å². The fourth-order valence-electron chi connectivity index (χ4n) is 6.76. The molecule has 0 atom stereocenters. The van der Waals surface area contributed by atoms with Crippen molar-refractivity contribution in [1.29, 1.82) is 5.41 Å². The van der Waals surface area contributed by atoms with E-state index in [-0.39, 0.29) is 5.84 Å². The maximum Gasteiger partial charge on any atom is 0.161 e. The van der Waals surface area contributed by atoms with Crippen LogP contribution in [0.4, 0.5) is 0 Å². The zero-order valence-corrected chi connectivity index (χ0v) is 27.8. The van der Waals surface area contributed by atoms with Crippen molar-refractivity contribution in [3.8, 4) is 16.8 Å². The molecule has 5 heteroatoms. The van der Waals surface area contributed by atoms with Gasteiger partial charge in [0, 0.05) is 54.0 Å². The summed E-state index contributed by atoms with van der Waals surface area (Å²) in [6.07, 6.45) is 1.79. The molecule has 2 heterocycles. The van der Waals surface area contributed by atoms with E-state index in [1.807, 2.05) is 84.1 Å². The van der Waals surface area contributed by atoms with Crippen molar-refractivity contribution in [2.45, 2.75) is 0 Å². The van der Waals surface area contributed by atoms with E-state index in [9.17, 15) is 0 Å². The number of hydrogen-bond donors (Lipinski definition) is 1. The van der Waals surface area contributed by atoms with E-state index in [1.54, 1.807) is 6.21 Å². The Morgan fingerprint density at radius 2 is 1.24 bits per heavy atom. The summed E-state index contributed by atoms with van der Waals surface area (Å²) in [7, 11) is 0. The van der Waals surface area contributed by atoms with Crippen molar-refractivity contribution in [3.05, 3.63) is 187 Å². The zero-order chi connectivity index (χ0) is 33.4. The number of para-hydroxylation sites is 1. The molecule has 0 aliphatic rings. The van der Waals surface area contributed by atoms with Crippen molar-refractivity contribution in [3.63, 3.8) is 0 Å². The summed E-state index contributed by atoms with van der Waals surface area (Å²) >= 11 is 1.86. The van der Waals surface area contributed by atoms with Gasteiger partial charge in [-0.05, 0) is 59.2 Å². The molecule has 0 radical (unpaired) electrons. The molecule has 0 saturated heterocycles. The Morgan fingerprint density at radius 3 is 2.06 bits per heavy atom. The highest BCUT2D eigenvalue weighted by atomic mass is 32.1. The highest BCUT2D eigenvalue weighted by Crippen LogP contribution is 2.41. The molecule has 7 aromatic carbocycles. The van der Waals surface area contributed by atoms with Crippen LogP contribution in [-0.4, -0.2) is 22.5 Å². The summed E-state index contributed by atoms with van der Waals surface area (Å²) < 4.78 is 4.94. The third-order valence-electron chi connectivity index (χ3n) is 9.17. The molecule has 9 aromatic rings. The van der Waals surface area contributed by atoms with Crippen molar-refractivity contribution < 1.29 is 0 Å². The molecular formula is C45H30N4S. The van der Waals surface area contributed by atoms with E-state index < -0.39 is 0 Å². The third kappa shape index (κ3) is 5.30. The minimum Gasteiger partial charge on any atom is -0.309 e. The first kappa shape index (κ1) is 29.7. The summed E-state index contributed by atoms with van der Waals surface area (Å²) in [5.41, 5.74) is 8.29. The standard InChI is InChI=1S/C45H30N4S/c46-44(48-45(32-14-5-2-6-15-32)47-29-30-12-3-1-4-13-30)31-22-25-34(26-23-31)49-40-20-9-7-16-36(40)37-27-24-33(28-41(37)49)35-18-11-19-39-38-17-8-10-21-42(38)50-43(35)39/h1-29,46H. The summed E-state index contributed by atoms with van der Waals surface area (Å²) in [6, 6.07) is 58.6. The van der Waals surface area contributed by atoms with Crippen LogP contribution in [0.1, 0.15) is 16.7 Å². The van der Waals surface area contributed by atoms with E-state index in [0.29, 0.717) is 5.84 Å². The lowest BCUT2D eigenvalue weighted by Crippen LogP contribution is -2.05. The minimum absolute atomic E-state index is 0.154. The molecule has 236 valence electrons. The predicted octanol–water partition coefficient (Wildman–Crippen LogP) is 11.7. The van der Waals surface area contributed by atoms with Crippen LogP contribution in [0.3, 0.4) is 0 Å². The van der Waals surface area contributed by atoms with E-state index in [4.69, 9.17) is 15.4 Å². The highest BCUT2D eigenvalue weighted by Gasteiger charge is 2.16. The normalized spacial score (nSPS) is 12.1. The van der Waals surface area contributed by atoms with Crippen LogP contribution in [-0.2, 0) is 0 Å². The first-order valence-electron chi connectivity index (χ1n) is 16.6. The van der Waals surface area contributed by atoms with Crippen molar-refractivity contribution in [2.75, 3.05) is 0 Å².